The average molecular weight is 233 g/mol. The van der Waals surface area contributed by atoms with Crippen molar-refractivity contribution in [3.63, 3.8) is 0 Å². The molecule has 1 aromatic rings. The molecule has 1 aliphatic carbocycles. The number of anilines is 1. The molecule has 0 aliphatic heterocycles. The second-order valence-corrected chi connectivity index (χ2v) is 4.85. The Morgan fingerprint density at radius 1 is 1.29 bits per heavy atom. The molecule has 0 unspecified atom stereocenters. The number of hydrogen-bond donors (Lipinski definition) is 1. The second-order valence-electron chi connectivity index (χ2n) is 4.85. The van der Waals surface area contributed by atoms with Crippen LogP contribution in [-0.4, -0.2) is 21.8 Å². The van der Waals surface area contributed by atoms with Gasteiger partial charge in [0.15, 0.2) is 0 Å². The lowest BCUT2D eigenvalue weighted by molar-refractivity contribution is -0.121. The van der Waals surface area contributed by atoms with Crippen molar-refractivity contribution in [3.8, 4) is 0 Å². The summed E-state index contributed by atoms with van der Waals surface area (Å²) in [5.74, 6) is 1.50. The zero-order valence-corrected chi connectivity index (χ0v) is 10.4. The minimum Gasteiger partial charge on any atom is -0.367 e. The summed E-state index contributed by atoms with van der Waals surface area (Å²) in [6.45, 7) is 3.66. The van der Waals surface area contributed by atoms with Crippen molar-refractivity contribution >= 4 is 11.6 Å². The number of hydrogen-bond acceptors (Lipinski definition) is 4. The average Bonchev–Trinajstić information content (AvgIpc) is 2.29. The number of carbonyl (C=O) groups excluding carboxylic acids is 1. The lowest BCUT2D eigenvalue weighted by Gasteiger charge is -2.28. The molecule has 1 fully saturated rings. The van der Waals surface area contributed by atoms with E-state index in [9.17, 15) is 4.79 Å². The van der Waals surface area contributed by atoms with Crippen molar-refractivity contribution in [3.05, 3.63) is 18.1 Å². The van der Waals surface area contributed by atoms with Gasteiger partial charge in [-0.15, -0.1) is 0 Å². The van der Waals surface area contributed by atoms with Crippen LogP contribution in [0, 0.1) is 12.8 Å². The Labute approximate surface area is 102 Å². The summed E-state index contributed by atoms with van der Waals surface area (Å²) in [5, 5.41) is 3.42. The Kier molecular flexibility index (Phi) is 3.71. The highest BCUT2D eigenvalue weighted by Crippen LogP contribution is 2.26. The SMILES string of the molecule is Cc1cc(N[C@H]2CC[C@@H](C(C)=O)CC2)ncn1. The van der Waals surface area contributed by atoms with Crippen LogP contribution in [0.15, 0.2) is 12.4 Å². The fourth-order valence-electron chi connectivity index (χ4n) is 2.39. The standard InChI is InChI=1S/C13H19N3O/c1-9-7-13(15-8-14-9)16-12-5-3-11(4-6-12)10(2)17/h7-8,11-12H,3-6H2,1-2H3,(H,14,15,16)/t11-,12+. The fraction of sp³-hybridized carbons (Fsp3) is 0.615. The summed E-state index contributed by atoms with van der Waals surface area (Å²) >= 11 is 0. The molecule has 0 bridgehead atoms. The maximum absolute atomic E-state index is 11.3. The molecule has 0 radical (unpaired) electrons. The van der Waals surface area contributed by atoms with Crippen LogP contribution in [0.3, 0.4) is 0 Å². The van der Waals surface area contributed by atoms with Crippen LogP contribution in [0.2, 0.25) is 0 Å². The first-order valence-corrected chi connectivity index (χ1v) is 6.21. The molecule has 2 rings (SSSR count). The van der Waals surface area contributed by atoms with E-state index in [0.29, 0.717) is 11.8 Å². The number of Topliss-reactive ketones (excluding diaryl/α,β-unsaturated/α-hetero) is 1. The minimum absolute atomic E-state index is 0.278. The van der Waals surface area contributed by atoms with Gasteiger partial charge in [0.25, 0.3) is 0 Å². The molecule has 1 aromatic heterocycles. The highest BCUT2D eigenvalue weighted by atomic mass is 16.1. The Morgan fingerprint density at radius 3 is 2.59 bits per heavy atom. The zero-order chi connectivity index (χ0) is 12.3. The first-order chi connectivity index (χ1) is 8.15. The monoisotopic (exact) mass is 233 g/mol. The number of aryl methyl sites for hydroxylation is 1. The van der Waals surface area contributed by atoms with Crippen LogP contribution >= 0.6 is 0 Å². The molecule has 1 heterocycles. The maximum Gasteiger partial charge on any atom is 0.132 e. The molecule has 4 nitrogen and oxygen atoms in total. The van der Waals surface area contributed by atoms with Crippen LogP contribution in [0.4, 0.5) is 5.82 Å². The third-order valence-corrected chi connectivity index (χ3v) is 3.46. The van der Waals surface area contributed by atoms with E-state index in [1.54, 1.807) is 13.3 Å². The molecule has 1 saturated carbocycles. The molecule has 1 N–H and O–H groups in total. The van der Waals surface area contributed by atoms with Crippen LogP contribution in [0.1, 0.15) is 38.3 Å². The van der Waals surface area contributed by atoms with Crippen molar-refractivity contribution < 1.29 is 4.79 Å². The molecule has 0 saturated heterocycles. The van der Waals surface area contributed by atoms with Gasteiger partial charge in [-0.3, -0.25) is 4.79 Å². The van der Waals surface area contributed by atoms with Gasteiger partial charge in [0.2, 0.25) is 0 Å². The molecule has 17 heavy (non-hydrogen) atoms. The molecule has 92 valence electrons. The molecule has 4 heteroatoms. The van der Waals surface area contributed by atoms with Crippen molar-refractivity contribution in [2.24, 2.45) is 5.92 Å². The topological polar surface area (TPSA) is 54.9 Å². The van der Waals surface area contributed by atoms with E-state index in [1.165, 1.54) is 0 Å². The summed E-state index contributed by atoms with van der Waals surface area (Å²) < 4.78 is 0. The van der Waals surface area contributed by atoms with E-state index in [1.807, 2.05) is 13.0 Å². The van der Waals surface area contributed by atoms with Gasteiger partial charge in [-0.05, 0) is 39.5 Å². The zero-order valence-electron chi connectivity index (χ0n) is 10.4. The first-order valence-electron chi connectivity index (χ1n) is 6.21. The Morgan fingerprint density at radius 2 is 2.00 bits per heavy atom. The van der Waals surface area contributed by atoms with Gasteiger partial charge >= 0.3 is 0 Å². The van der Waals surface area contributed by atoms with E-state index in [-0.39, 0.29) is 5.92 Å². The maximum atomic E-state index is 11.3. The highest BCUT2D eigenvalue weighted by Gasteiger charge is 2.23. The Balaban J connectivity index is 1.88. The van der Waals surface area contributed by atoms with Gasteiger partial charge in [0.1, 0.15) is 17.9 Å². The minimum atomic E-state index is 0.278. The quantitative estimate of drug-likeness (QED) is 0.870. The predicted molar refractivity (Wildman–Crippen MR) is 66.8 cm³/mol. The molecular formula is C13H19N3O. The summed E-state index contributed by atoms with van der Waals surface area (Å²) in [4.78, 5) is 19.5. The molecule has 0 spiro atoms. The van der Waals surface area contributed by atoms with Crippen molar-refractivity contribution in [1.29, 1.82) is 0 Å². The van der Waals surface area contributed by atoms with Gasteiger partial charge in [-0.2, -0.15) is 0 Å². The van der Waals surface area contributed by atoms with Crippen LogP contribution in [-0.2, 0) is 4.79 Å². The number of ketones is 1. The van der Waals surface area contributed by atoms with Gasteiger partial charge < -0.3 is 5.32 Å². The van der Waals surface area contributed by atoms with Gasteiger partial charge in [0, 0.05) is 23.7 Å². The van der Waals surface area contributed by atoms with E-state index in [0.717, 1.165) is 37.2 Å². The first kappa shape index (κ1) is 12.0. The summed E-state index contributed by atoms with van der Waals surface area (Å²) in [5.41, 5.74) is 0.972. The number of nitrogens with zero attached hydrogens (tertiary/aromatic N) is 2. The van der Waals surface area contributed by atoms with E-state index < -0.39 is 0 Å². The summed E-state index contributed by atoms with van der Waals surface area (Å²) in [6.07, 6.45) is 5.67. The normalized spacial score (nSPS) is 24.4. The third kappa shape index (κ3) is 3.25. The van der Waals surface area contributed by atoms with E-state index in [2.05, 4.69) is 15.3 Å². The fourth-order valence-corrected chi connectivity index (χ4v) is 2.39. The van der Waals surface area contributed by atoms with Crippen LogP contribution in [0.5, 0.6) is 0 Å². The van der Waals surface area contributed by atoms with Crippen molar-refractivity contribution in [2.75, 3.05) is 5.32 Å². The van der Waals surface area contributed by atoms with E-state index >= 15 is 0 Å². The van der Waals surface area contributed by atoms with Gasteiger partial charge in [0.05, 0.1) is 0 Å². The van der Waals surface area contributed by atoms with Crippen molar-refractivity contribution in [1.82, 2.24) is 9.97 Å². The molecule has 0 atom stereocenters. The number of nitrogens with one attached hydrogen (secondary N) is 1. The number of carbonyl (C=O) groups is 1. The lowest BCUT2D eigenvalue weighted by Crippen LogP contribution is -2.28. The second kappa shape index (κ2) is 5.25. The summed E-state index contributed by atoms with van der Waals surface area (Å²) in [6, 6.07) is 2.40. The van der Waals surface area contributed by atoms with E-state index in [4.69, 9.17) is 0 Å². The summed E-state index contributed by atoms with van der Waals surface area (Å²) in [7, 11) is 0. The van der Waals surface area contributed by atoms with Crippen LogP contribution in [0.25, 0.3) is 0 Å². The lowest BCUT2D eigenvalue weighted by atomic mass is 9.84. The molecule has 0 aromatic carbocycles. The number of aromatic nitrogens is 2. The number of rotatable bonds is 3. The Hall–Kier alpha value is -1.45. The third-order valence-electron chi connectivity index (χ3n) is 3.46. The van der Waals surface area contributed by atoms with Gasteiger partial charge in [-0.1, -0.05) is 0 Å². The molecule has 0 amide bonds. The van der Waals surface area contributed by atoms with Gasteiger partial charge in [-0.25, -0.2) is 9.97 Å². The highest BCUT2D eigenvalue weighted by molar-refractivity contribution is 5.78. The van der Waals surface area contributed by atoms with Crippen LogP contribution < -0.4 is 5.32 Å². The molecular weight excluding hydrogens is 214 g/mol. The predicted octanol–water partition coefficient (Wildman–Crippen LogP) is 2.34. The smallest absolute Gasteiger partial charge is 0.132 e. The largest absolute Gasteiger partial charge is 0.367 e. The molecule has 1 aliphatic rings. The Bertz CT molecular complexity index is 397. The van der Waals surface area contributed by atoms with Crippen molar-refractivity contribution in [2.45, 2.75) is 45.6 Å².